The fraction of sp³-hybridized carbons (Fsp3) is 0.167. The first-order chi connectivity index (χ1) is 8.65. The minimum absolute atomic E-state index is 0.0159. The number of oxazole rings is 1. The van der Waals surface area contributed by atoms with Crippen molar-refractivity contribution in [1.82, 2.24) is 10.3 Å². The molecule has 0 saturated heterocycles. The molecule has 2 aromatic rings. The summed E-state index contributed by atoms with van der Waals surface area (Å²) >= 11 is 5.78. The highest BCUT2D eigenvalue weighted by molar-refractivity contribution is 6.30. The average Bonchev–Trinajstić information content (AvgIpc) is 2.78. The molecule has 0 spiro atoms. The molecule has 0 aliphatic carbocycles. The zero-order valence-electron chi connectivity index (χ0n) is 9.52. The number of carbonyl (C=O) groups is 1. The van der Waals surface area contributed by atoms with Gasteiger partial charge in [0.2, 0.25) is 0 Å². The van der Waals surface area contributed by atoms with E-state index in [1.54, 1.807) is 0 Å². The molecule has 1 aromatic heterocycles. The number of nitrogens with two attached hydrogens (primary N) is 1. The minimum Gasteiger partial charge on any atom is -0.431 e. The Bertz CT molecular complexity index is 537. The van der Waals surface area contributed by atoms with Crippen molar-refractivity contribution in [3.63, 3.8) is 0 Å². The summed E-state index contributed by atoms with van der Waals surface area (Å²) in [6, 6.07) is 7.46. The molecule has 3 N–H and O–H groups in total. The minimum atomic E-state index is -0.301. The molecule has 0 unspecified atom stereocenters. The highest BCUT2D eigenvalue weighted by Crippen LogP contribution is 2.09. The van der Waals surface area contributed by atoms with Crippen LogP contribution in [0.5, 0.6) is 0 Å². The molecule has 5 nitrogen and oxygen atoms in total. The summed E-state index contributed by atoms with van der Waals surface area (Å²) < 4.78 is 4.75. The normalized spacial score (nSPS) is 10.3. The molecule has 0 saturated carbocycles. The van der Waals surface area contributed by atoms with Crippen LogP contribution in [0.2, 0.25) is 5.02 Å². The van der Waals surface area contributed by atoms with Gasteiger partial charge in [0.25, 0.3) is 11.9 Å². The molecule has 6 heteroatoms. The molecule has 18 heavy (non-hydrogen) atoms. The molecular formula is C12H12ClN3O2. The SMILES string of the molecule is Nc1nc(C(=O)NCCc2ccc(Cl)cc2)co1. The van der Waals surface area contributed by atoms with Gasteiger partial charge >= 0.3 is 0 Å². The average molecular weight is 266 g/mol. The molecule has 0 bridgehead atoms. The van der Waals surface area contributed by atoms with Gasteiger partial charge in [-0.05, 0) is 24.1 Å². The number of carbonyl (C=O) groups excluding carboxylic acids is 1. The number of amides is 1. The van der Waals surface area contributed by atoms with E-state index in [1.165, 1.54) is 6.26 Å². The van der Waals surface area contributed by atoms with Crippen molar-refractivity contribution in [3.8, 4) is 0 Å². The number of aromatic nitrogens is 1. The second-order valence-corrected chi connectivity index (χ2v) is 4.14. The summed E-state index contributed by atoms with van der Waals surface area (Å²) in [5, 5.41) is 3.42. The van der Waals surface area contributed by atoms with Gasteiger partial charge in [-0.25, -0.2) is 0 Å². The summed E-state index contributed by atoms with van der Waals surface area (Å²) in [5.41, 5.74) is 6.56. The van der Waals surface area contributed by atoms with E-state index in [9.17, 15) is 4.79 Å². The Kier molecular flexibility index (Phi) is 3.84. The number of nitrogen functional groups attached to an aromatic ring is 1. The van der Waals surface area contributed by atoms with Crippen LogP contribution in [0.25, 0.3) is 0 Å². The van der Waals surface area contributed by atoms with Crippen molar-refractivity contribution in [2.24, 2.45) is 0 Å². The van der Waals surface area contributed by atoms with Crippen LogP contribution in [0.1, 0.15) is 16.1 Å². The number of hydrogen-bond acceptors (Lipinski definition) is 4. The fourth-order valence-corrected chi connectivity index (χ4v) is 1.58. The number of rotatable bonds is 4. The third-order valence-corrected chi connectivity index (χ3v) is 2.62. The van der Waals surface area contributed by atoms with E-state index in [1.807, 2.05) is 24.3 Å². The Morgan fingerprint density at radius 3 is 2.72 bits per heavy atom. The molecule has 1 heterocycles. The third kappa shape index (κ3) is 3.24. The molecule has 94 valence electrons. The third-order valence-electron chi connectivity index (χ3n) is 2.37. The van der Waals surface area contributed by atoms with E-state index >= 15 is 0 Å². The smallest absolute Gasteiger partial charge is 0.292 e. The monoisotopic (exact) mass is 265 g/mol. The fourth-order valence-electron chi connectivity index (χ4n) is 1.45. The van der Waals surface area contributed by atoms with Gasteiger partial charge in [-0.2, -0.15) is 4.98 Å². The number of anilines is 1. The van der Waals surface area contributed by atoms with Gasteiger partial charge in [-0.15, -0.1) is 0 Å². The van der Waals surface area contributed by atoms with Crippen molar-refractivity contribution >= 4 is 23.5 Å². The van der Waals surface area contributed by atoms with E-state index in [-0.39, 0.29) is 17.6 Å². The highest BCUT2D eigenvalue weighted by atomic mass is 35.5. The maximum absolute atomic E-state index is 11.6. The first-order valence-corrected chi connectivity index (χ1v) is 5.76. The van der Waals surface area contributed by atoms with Gasteiger partial charge in [0.1, 0.15) is 6.26 Å². The lowest BCUT2D eigenvalue weighted by atomic mass is 10.1. The lowest BCUT2D eigenvalue weighted by Crippen LogP contribution is -2.25. The molecule has 2 rings (SSSR count). The number of benzene rings is 1. The van der Waals surface area contributed by atoms with Crippen LogP contribution < -0.4 is 11.1 Å². The van der Waals surface area contributed by atoms with Gasteiger partial charge < -0.3 is 15.5 Å². The van der Waals surface area contributed by atoms with E-state index in [0.717, 1.165) is 12.0 Å². The molecule has 1 aromatic carbocycles. The first kappa shape index (κ1) is 12.4. The van der Waals surface area contributed by atoms with Crippen LogP contribution >= 0.6 is 11.6 Å². The van der Waals surface area contributed by atoms with Crippen molar-refractivity contribution in [2.45, 2.75) is 6.42 Å². The van der Waals surface area contributed by atoms with Crippen molar-refractivity contribution < 1.29 is 9.21 Å². The van der Waals surface area contributed by atoms with Gasteiger partial charge in [0, 0.05) is 11.6 Å². The number of halogens is 1. The Labute approximate surface area is 109 Å². The zero-order valence-corrected chi connectivity index (χ0v) is 10.3. The topological polar surface area (TPSA) is 81.1 Å². The van der Waals surface area contributed by atoms with Crippen molar-refractivity contribution in [3.05, 3.63) is 46.8 Å². The summed E-state index contributed by atoms with van der Waals surface area (Å²) in [7, 11) is 0. The quantitative estimate of drug-likeness (QED) is 0.884. The van der Waals surface area contributed by atoms with Crippen LogP contribution in [0, 0.1) is 0 Å². The second-order valence-electron chi connectivity index (χ2n) is 3.70. The van der Waals surface area contributed by atoms with Crippen LogP contribution in [-0.4, -0.2) is 17.4 Å². The maximum atomic E-state index is 11.6. The largest absolute Gasteiger partial charge is 0.431 e. The van der Waals surface area contributed by atoms with E-state index in [4.69, 9.17) is 21.8 Å². The lowest BCUT2D eigenvalue weighted by Gasteiger charge is -2.03. The highest BCUT2D eigenvalue weighted by Gasteiger charge is 2.09. The predicted octanol–water partition coefficient (Wildman–Crippen LogP) is 1.88. The summed E-state index contributed by atoms with van der Waals surface area (Å²) in [4.78, 5) is 15.3. The van der Waals surface area contributed by atoms with Gasteiger partial charge in [-0.3, -0.25) is 4.79 Å². The number of nitrogens with one attached hydrogen (secondary N) is 1. The molecule has 0 radical (unpaired) electrons. The van der Waals surface area contributed by atoms with Crippen molar-refractivity contribution in [2.75, 3.05) is 12.3 Å². The summed E-state index contributed by atoms with van der Waals surface area (Å²) in [6.45, 7) is 0.507. The van der Waals surface area contributed by atoms with Gasteiger partial charge in [-0.1, -0.05) is 23.7 Å². The first-order valence-electron chi connectivity index (χ1n) is 5.39. The van der Waals surface area contributed by atoms with Gasteiger partial charge in [0.05, 0.1) is 0 Å². The molecule has 1 amide bonds. The van der Waals surface area contributed by atoms with Crippen LogP contribution in [-0.2, 0) is 6.42 Å². The van der Waals surface area contributed by atoms with E-state index < -0.39 is 0 Å². The summed E-state index contributed by atoms with van der Waals surface area (Å²) in [5.74, 6) is -0.301. The van der Waals surface area contributed by atoms with E-state index in [2.05, 4.69) is 10.3 Å². The predicted molar refractivity (Wildman–Crippen MR) is 68.4 cm³/mol. The Hall–Kier alpha value is -2.01. The number of nitrogens with zero attached hydrogens (tertiary/aromatic N) is 1. The van der Waals surface area contributed by atoms with Gasteiger partial charge in [0.15, 0.2) is 5.69 Å². The Morgan fingerprint density at radius 2 is 2.11 bits per heavy atom. The second kappa shape index (κ2) is 5.55. The summed E-state index contributed by atoms with van der Waals surface area (Å²) in [6.07, 6.45) is 1.95. The zero-order chi connectivity index (χ0) is 13.0. The molecule has 0 atom stereocenters. The molecule has 0 aliphatic rings. The Balaban J connectivity index is 1.82. The van der Waals surface area contributed by atoms with Crippen molar-refractivity contribution in [1.29, 1.82) is 0 Å². The molecular weight excluding hydrogens is 254 g/mol. The van der Waals surface area contributed by atoms with Crippen LogP contribution in [0.4, 0.5) is 6.01 Å². The number of hydrogen-bond donors (Lipinski definition) is 2. The standard InChI is InChI=1S/C12H12ClN3O2/c13-9-3-1-8(2-4-9)5-6-15-11(17)10-7-18-12(14)16-10/h1-4,7H,5-6H2,(H2,14,16)(H,15,17). The van der Waals surface area contributed by atoms with E-state index in [0.29, 0.717) is 11.6 Å². The van der Waals surface area contributed by atoms with Crippen LogP contribution in [0.15, 0.2) is 34.9 Å². The van der Waals surface area contributed by atoms with Crippen LogP contribution in [0.3, 0.4) is 0 Å². The lowest BCUT2D eigenvalue weighted by molar-refractivity contribution is 0.0949. The Morgan fingerprint density at radius 1 is 1.39 bits per heavy atom. The molecule has 0 fully saturated rings. The molecule has 0 aliphatic heterocycles. The maximum Gasteiger partial charge on any atom is 0.292 e.